The van der Waals surface area contributed by atoms with E-state index in [1.165, 1.54) is 0 Å². The van der Waals surface area contributed by atoms with E-state index in [0.29, 0.717) is 17.8 Å². The summed E-state index contributed by atoms with van der Waals surface area (Å²) >= 11 is 0. The summed E-state index contributed by atoms with van der Waals surface area (Å²) in [5.74, 6) is -0.0610. The second-order valence-corrected chi connectivity index (χ2v) is 3.77. The highest BCUT2D eigenvalue weighted by Gasteiger charge is 2.22. The van der Waals surface area contributed by atoms with E-state index in [2.05, 4.69) is 25.1 Å². The maximum atomic E-state index is 11.9. The van der Waals surface area contributed by atoms with Gasteiger partial charge in [-0.2, -0.15) is 0 Å². The predicted octanol–water partition coefficient (Wildman–Crippen LogP) is 1.58. The molecule has 1 N–H and O–H groups in total. The van der Waals surface area contributed by atoms with Gasteiger partial charge in [0.05, 0.1) is 12.1 Å². The summed E-state index contributed by atoms with van der Waals surface area (Å²) < 4.78 is 0. The van der Waals surface area contributed by atoms with Gasteiger partial charge in [-0.25, -0.2) is 0 Å². The lowest BCUT2D eigenvalue weighted by molar-refractivity contribution is -0.125. The van der Waals surface area contributed by atoms with E-state index in [-0.39, 0.29) is 5.91 Å². The fourth-order valence-corrected chi connectivity index (χ4v) is 1.41. The van der Waals surface area contributed by atoms with E-state index in [9.17, 15) is 4.79 Å². The average Bonchev–Trinajstić information content (AvgIpc) is 2.18. The van der Waals surface area contributed by atoms with E-state index < -0.39 is 0 Å². The highest BCUT2D eigenvalue weighted by Crippen LogP contribution is 2.16. The van der Waals surface area contributed by atoms with Gasteiger partial charge in [0.15, 0.2) is 0 Å². The summed E-state index contributed by atoms with van der Waals surface area (Å²) in [4.78, 5) is 13.5. The molecule has 1 fully saturated rings. The van der Waals surface area contributed by atoms with Gasteiger partial charge in [0.1, 0.15) is 0 Å². The summed E-state index contributed by atoms with van der Waals surface area (Å²) in [7, 11) is 1.74. The van der Waals surface area contributed by atoms with Crippen LogP contribution in [0.3, 0.4) is 0 Å². The number of hydrogen-bond acceptors (Lipinski definition) is 2. The molecule has 1 rings (SSSR count). The molecule has 1 saturated heterocycles. The SMILES string of the molecule is C=C(C)/C=C1\C(=C)NC(=C)CN(C)C1=O. The molecule has 0 atom stereocenters. The molecule has 1 heterocycles. The molecular weight excluding hydrogens is 188 g/mol. The third-order valence-electron chi connectivity index (χ3n) is 2.05. The fraction of sp³-hybridized carbons (Fsp3) is 0.250. The number of hydrogen-bond donors (Lipinski definition) is 1. The van der Waals surface area contributed by atoms with E-state index in [0.717, 1.165) is 11.3 Å². The topological polar surface area (TPSA) is 32.3 Å². The van der Waals surface area contributed by atoms with Crippen LogP contribution in [-0.2, 0) is 4.79 Å². The second kappa shape index (κ2) is 4.17. The summed E-state index contributed by atoms with van der Waals surface area (Å²) in [6.45, 7) is 13.7. The molecule has 80 valence electrons. The zero-order chi connectivity index (χ0) is 11.6. The number of nitrogens with one attached hydrogen (secondary N) is 1. The van der Waals surface area contributed by atoms with Crippen LogP contribution in [0.4, 0.5) is 0 Å². The number of nitrogens with zero attached hydrogens (tertiary/aromatic N) is 1. The monoisotopic (exact) mass is 204 g/mol. The van der Waals surface area contributed by atoms with E-state index >= 15 is 0 Å². The van der Waals surface area contributed by atoms with Gasteiger partial charge in [0.2, 0.25) is 0 Å². The van der Waals surface area contributed by atoms with Crippen molar-refractivity contribution in [1.82, 2.24) is 10.2 Å². The van der Waals surface area contributed by atoms with Crippen LogP contribution >= 0.6 is 0 Å². The van der Waals surface area contributed by atoms with Crippen LogP contribution in [0.2, 0.25) is 0 Å². The zero-order valence-electron chi connectivity index (χ0n) is 9.26. The maximum absolute atomic E-state index is 11.9. The average molecular weight is 204 g/mol. The first kappa shape index (κ1) is 11.3. The summed E-state index contributed by atoms with van der Waals surface area (Å²) in [5, 5.41) is 3.00. The Hall–Kier alpha value is -1.77. The van der Waals surface area contributed by atoms with Crippen LogP contribution in [-0.4, -0.2) is 24.4 Å². The van der Waals surface area contributed by atoms with Crippen molar-refractivity contribution in [2.75, 3.05) is 13.6 Å². The van der Waals surface area contributed by atoms with Gasteiger partial charge in [-0.1, -0.05) is 25.3 Å². The number of allylic oxidation sites excluding steroid dienone is 2. The van der Waals surface area contributed by atoms with E-state index in [1.807, 2.05) is 6.92 Å². The lowest BCUT2D eigenvalue weighted by atomic mass is 10.1. The number of carbonyl (C=O) groups excluding carboxylic acids is 1. The largest absolute Gasteiger partial charge is 0.358 e. The molecule has 0 unspecified atom stereocenters. The van der Waals surface area contributed by atoms with Gasteiger partial charge < -0.3 is 10.2 Å². The molecular formula is C12H16N2O. The van der Waals surface area contributed by atoms with Gasteiger partial charge in [0, 0.05) is 18.4 Å². The van der Waals surface area contributed by atoms with Crippen molar-refractivity contribution in [3.05, 3.63) is 48.4 Å². The molecule has 0 aromatic rings. The summed E-state index contributed by atoms with van der Waals surface area (Å²) in [6, 6.07) is 0. The highest BCUT2D eigenvalue weighted by atomic mass is 16.2. The Morgan fingerprint density at radius 2 is 2.13 bits per heavy atom. The number of carbonyl (C=O) groups is 1. The lowest BCUT2D eigenvalue weighted by Crippen LogP contribution is -2.27. The van der Waals surface area contributed by atoms with Crippen LogP contribution < -0.4 is 5.32 Å². The first-order valence-corrected chi connectivity index (χ1v) is 4.68. The molecule has 15 heavy (non-hydrogen) atoms. The molecule has 0 radical (unpaired) electrons. The van der Waals surface area contributed by atoms with Gasteiger partial charge in [-0.3, -0.25) is 4.79 Å². The molecule has 0 saturated carbocycles. The molecule has 3 nitrogen and oxygen atoms in total. The van der Waals surface area contributed by atoms with Crippen molar-refractivity contribution in [3.63, 3.8) is 0 Å². The number of rotatable bonds is 1. The molecule has 1 aliphatic rings. The first-order valence-electron chi connectivity index (χ1n) is 4.68. The smallest absolute Gasteiger partial charge is 0.256 e. The first-order chi connectivity index (χ1) is 6.91. The molecule has 1 aliphatic heterocycles. The fourth-order valence-electron chi connectivity index (χ4n) is 1.41. The van der Waals surface area contributed by atoms with Crippen molar-refractivity contribution in [1.29, 1.82) is 0 Å². The molecule has 0 aromatic carbocycles. The number of amides is 1. The molecule has 0 bridgehead atoms. The van der Waals surface area contributed by atoms with Gasteiger partial charge in [0.25, 0.3) is 5.91 Å². The minimum atomic E-state index is -0.0610. The Bertz CT molecular complexity index is 377. The van der Waals surface area contributed by atoms with Crippen LogP contribution in [0, 0.1) is 0 Å². The Morgan fingerprint density at radius 3 is 2.67 bits per heavy atom. The Labute approximate surface area is 90.5 Å². The molecule has 0 spiro atoms. The molecule has 0 aromatic heterocycles. The van der Waals surface area contributed by atoms with Crippen LogP contribution in [0.5, 0.6) is 0 Å². The Balaban J connectivity index is 3.12. The van der Waals surface area contributed by atoms with E-state index in [1.54, 1.807) is 18.0 Å². The molecule has 0 aliphatic carbocycles. The minimum absolute atomic E-state index is 0.0610. The van der Waals surface area contributed by atoms with Crippen molar-refractivity contribution in [2.45, 2.75) is 6.92 Å². The van der Waals surface area contributed by atoms with E-state index in [4.69, 9.17) is 0 Å². The van der Waals surface area contributed by atoms with Crippen molar-refractivity contribution >= 4 is 5.91 Å². The lowest BCUT2D eigenvalue weighted by Gasteiger charge is -2.13. The maximum Gasteiger partial charge on any atom is 0.256 e. The minimum Gasteiger partial charge on any atom is -0.358 e. The highest BCUT2D eigenvalue weighted by molar-refractivity contribution is 5.98. The Kier molecular flexibility index (Phi) is 3.14. The van der Waals surface area contributed by atoms with Crippen molar-refractivity contribution < 1.29 is 4.79 Å². The van der Waals surface area contributed by atoms with Gasteiger partial charge in [-0.05, 0) is 13.0 Å². The molecule has 1 amide bonds. The standard InChI is InChI=1S/C12H16N2O/c1-8(2)6-11-10(4)13-9(3)7-14(5)12(11)15/h6,13H,1,3-4,7H2,2,5H3/b11-6+. The third-order valence-corrected chi connectivity index (χ3v) is 2.05. The van der Waals surface area contributed by atoms with Crippen LogP contribution in [0.25, 0.3) is 0 Å². The van der Waals surface area contributed by atoms with Crippen LogP contribution in [0.1, 0.15) is 6.92 Å². The van der Waals surface area contributed by atoms with Crippen molar-refractivity contribution in [3.8, 4) is 0 Å². The van der Waals surface area contributed by atoms with Crippen LogP contribution in [0.15, 0.2) is 48.4 Å². The third kappa shape index (κ3) is 2.59. The normalized spacial score (nSPS) is 20.3. The second-order valence-electron chi connectivity index (χ2n) is 3.77. The molecule has 3 heteroatoms. The van der Waals surface area contributed by atoms with Crippen molar-refractivity contribution in [2.24, 2.45) is 0 Å². The van der Waals surface area contributed by atoms with Gasteiger partial charge >= 0.3 is 0 Å². The zero-order valence-corrected chi connectivity index (χ0v) is 9.26. The summed E-state index contributed by atoms with van der Waals surface area (Å²) in [6.07, 6.45) is 1.73. The van der Waals surface area contributed by atoms with Gasteiger partial charge in [-0.15, -0.1) is 0 Å². The quantitative estimate of drug-likeness (QED) is 0.658. The summed E-state index contributed by atoms with van der Waals surface area (Å²) in [5.41, 5.74) is 2.71. The number of likely N-dealkylation sites (N-methyl/N-ethyl adjacent to an activating group) is 1. The Morgan fingerprint density at radius 1 is 1.53 bits per heavy atom. The predicted molar refractivity (Wildman–Crippen MR) is 61.9 cm³/mol.